The van der Waals surface area contributed by atoms with Crippen molar-refractivity contribution in [1.82, 2.24) is 29.5 Å². The first kappa shape index (κ1) is 52.9. The van der Waals surface area contributed by atoms with E-state index in [4.69, 9.17) is 48.5 Å². The van der Waals surface area contributed by atoms with Gasteiger partial charge in [0.25, 0.3) is 11.8 Å². The number of rotatable bonds is 18. The number of hydrogen-bond acceptors (Lipinski definition) is 22. The summed E-state index contributed by atoms with van der Waals surface area (Å²) < 4.78 is 72.4. The van der Waals surface area contributed by atoms with Crippen LogP contribution in [0.15, 0.2) is 12.7 Å². The van der Waals surface area contributed by atoms with Crippen molar-refractivity contribution in [1.29, 1.82) is 0 Å². The molecule has 10 atom stereocenters. The molecule has 0 bridgehead atoms. The maximum absolute atomic E-state index is 12.7. The number of aliphatic hydroxyl groups excluding tert-OH is 2. The molecule has 6 N–H and O–H groups in total. The third-order valence-corrected chi connectivity index (χ3v) is 13.9. The Bertz CT molecular complexity index is 2030. The third kappa shape index (κ3) is 15.2. The van der Waals surface area contributed by atoms with Gasteiger partial charge in [0.05, 0.1) is 26.4 Å². The summed E-state index contributed by atoms with van der Waals surface area (Å²) in [6.45, 7) is 16.8. The van der Waals surface area contributed by atoms with Crippen LogP contribution in [0.2, 0.25) is 0 Å². The van der Waals surface area contributed by atoms with Crippen molar-refractivity contribution in [3.63, 3.8) is 0 Å². The topological polar surface area (TPSA) is 330 Å². The van der Waals surface area contributed by atoms with E-state index in [0.717, 1.165) is 34.5 Å². The van der Waals surface area contributed by atoms with Gasteiger partial charge in [0.2, 0.25) is 11.6 Å². The van der Waals surface area contributed by atoms with Gasteiger partial charge in [-0.05, 0) is 13.8 Å². The number of nitrogens with zero attached hydrogens (tertiary/aromatic N) is 6. The number of thioether (sulfide) groups is 2. The monoisotopic (exact) mass is 972 g/mol. The van der Waals surface area contributed by atoms with Crippen LogP contribution in [0.25, 0.3) is 0 Å². The number of carbonyl (C=O) groups is 4. The van der Waals surface area contributed by atoms with Gasteiger partial charge in [-0.3, -0.25) is 28.3 Å². The van der Waals surface area contributed by atoms with Crippen LogP contribution in [0.1, 0.15) is 89.1 Å². The van der Waals surface area contributed by atoms with Crippen LogP contribution < -0.4 is 11.5 Å². The first-order chi connectivity index (χ1) is 29.0. The van der Waals surface area contributed by atoms with Crippen LogP contribution in [0.3, 0.4) is 0 Å². The zero-order valence-corrected chi connectivity index (χ0v) is 40.1. The highest BCUT2D eigenvalue weighted by Gasteiger charge is 2.56. The molecule has 5 rings (SSSR count). The van der Waals surface area contributed by atoms with Crippen molar-refractivity contribution >= 4 is 60.8 Å². The molecular weight excluding hydrogens is 915 g/mol. The van der Waals surface area contributed by atoms with E-state index < -0.39 is 92.7 Å². The Morgan fingerprint density at radius 3 is 1.56 bits per heavy atom. The van der Waals surface area contributed by atoms with Gasteiger partial charge in [-0.25, -0.2) is 19.3 Å². The highest BCUT2D eigenvalue weighted by molar-refractivity contribution is 8.14. The largest absolute Gasteiger partial charge is 0.387 e. The summed E-state index contributed by atoms with van der Waals surface area (Å²) in [6.07, 6.45) is -4.95. The number of ether oxygens (including phenoxy) is 4. The standard InChI is InChI=1S/C19H31N4O8PS.C16H27N4O8PS/c1-18(2,3)17(25)33-8-7-27-32(6,26)28-9-11-12-13(31-19(4,5)30-12)16(29-11)23-10-21-15(22-23)14(20)24;1-16(2,3)15(24)30-6-5-26-29(4,25)27-7-9-10(21)11(22)14(28-9)20-8-18-13(19-20)12(17)23/h10-13,16H,7-9H2,1-6H3,(H2,20,24);8-11,14,21-22H,5-7H2,1-4H3,(H2,17,23)/t11-,12+,13?,16-,32?;9-,10+,11?,14-,29?/m11/s1. The summed E-state index contributed by atoms with van der Waals surface area (Å²) in [5, 5.41) is 28.2. The van der Waals surface area contributed by atoms with E-state index >= 15 is 0 Å². The van der Waals surface area contributed by atoms with Crippen LogP contribution in [-0.4, -0.2) is 155 Å². The Hall–Kier alpha value is -2.68. The fourth-order valence-electron chi connectivity index (χ4n) is 5.71. The predicted octanol–water partition coefficient (Wildman–Crippen LogP) is 2.11. The smallest absolute Gasteiger partial charge is 0.327 e. The summed E-state index contributed by atoms with van der Waals surface area (Å²) >= 11 is 2.21. The van der Waals surface area contributed by atoms with Gasteiger partial charge in [-0.2, -0.15) is 0 Å². The highest BCUT2D eigenvalue weighted by atomic mass is 32.2. The van der Waals surface area contributed by atoms with Crippen LogP contribution in [-0.2, 0) is 55.8 Å². The van der Waals surface area contributed by atoms with Gasteiger partial charge in [-0.1, -0.05) is 65.1 Å². The number of nitrogens with two attached hydrogens (primary N) is 2. The fraction of sp³-hybridized carbons (Fsp3) is 0.771. The SMILES string of the molecule is CC(C)(C)C(=O)SCCOP(C)(=O)OC[C@H]1O[C@@H](n2cnc(C(N)=O)n2)C(O)[C@H]1O.CC1(C)OC2[C@@H](O1)[C@@H](COP(C)(=O)OCCSC(=O)C(C)(C)C)O[C@H]2n1cnc(C(N)=O)n1. The number of carbonyl (C=O) groups excluding carboxylic acids is 4. The van der Waals surface area contributed by atoms with Crippen molar-refractivity contribution in [2.45, 2.75) is 110 Å². The first-order valence-corrected chi connectivity index (χ1v) is 25.5. The normalized spacial score (nSPS) is 27.5. The molecular formula is C35H58N8O16P2S2. The quantitative estimate of drug-likeness (QED) is 0.123. The van der Waals surface area contributed by atoms with Crippen LogP contribution in [0, 0.1) is 10.8 Å². The van der Waals surface area contributed by atoms with E-state index in [1.807, 2.05) is 20.8 Å². The molecule has 0 spiro atoms. The molecule has 2 aromatic heterocycles. The molecule has 28 heteroatoms. The number of amides is 2. The van der Waals surface area contributed by atoms with E-state index in [2.05, 4.69) is 20.2 Å². The van der Waals surface area contributed by atoms with Crippen molar-refractivity contribution in [3.05, 3.63) is 24.3 Å². The molecule has 63 heavy (non-hydrogen) atoms. The van der Waals surface area contributed by atoms with Gasteiger partial charge in [0.15, 0.2) is 28.5 Å². The third-order valence-electron chi connectivity index (χ3n) is 8.90. The molecule has 4 unspecified atom stereocenters. The van der Waals surface area contributed by atoms with E-state index in [1.54, 1.807) is 34.6 Å². The average molecular weight is 973 g/mol. The first-order valence-electron chi connectivity index (χ1n) is 19.5. The summed E-state index contributed by atoms with van der Waals surface area (Å²) in [4.78, 5) is 53.8. The molecule has 3 aliphatic rings. The van der Waals surface area contributed by atoms with E-state index in [1.165, 1.54) is 24.3 Å². The van der Waals surface area contributed by atoms with Crippen LogP contribution >= 0.6 is 38.7 Å². The molecule has 2 aromatic rings. The van der Waals surface area contributed by atoms with Gasteiger partial charge < -0.3 is 58.7 Å². The lowest BCUT2D eigenvalue weighted by atomic mass is 9.99. The van der Waals surface area contributed by atoms with Crippen molar-refractivity contribution < 1.29 is 75.6 Å². The van der Waals surface area contributed by atoms with E-state index in [9.17, 15) is 38.5 Å². The Labute approximate surface area is 372 Å². The van der Waals surface area contributed by atoms with Crippen LogP contribution in [0.5, 0.6) is 0 Å². The summed E-state index contributed by atoms with van der Waals surface area (Å²) in [6, 6.07) is 0. The van der Waals surface area contributed by atoms with Gasteiger partial charge in [0, 0.05) is 35.7 Å². The van der Waals surface area contributed by atoms with E-state index in [-0.39, 0.29) is 48.3 Å². The fourth-order valence-corrected chi connectivity index (χ4v) is 9.36. The van der Waals surface area contributed by atoms with Crippen molar-refractivity contribution in [2.75, 3.05) is 51.3 Å². The predicted molar refractivity (Wildman–Crippen MR) is 225 cm³/mol. The second-order valence-electron chi connectivity index (χ2n) is 17.1. The molecule has 0 saturated carbocycles. The molecule has 24 nitrogen and oxygen atoms in total. The Morgan fingerprint density at radius 1 is 0.714 bits per heavy atom. The van der Waals surface area contributed by atoms with Crippen molar-refractivity contribution in [3.8, 4) is 0 Å². The van der Waals surface area contributed by atoms with Gasteiger partial charge in [0.1, 0.15) is 49.3 Å². The van der Waals surface area contributed by atoms with Gasteiger partial charge >= 0.3 is 15.2 Å². The molecule has 0 aliphatic carbocycles. The minimum Gasteiger partial charge on any atom is -0.387 e. The zero-order chi connectivity index (χ0) is 47.3. The highest BCUT2D eigenvalue weighted by Crippen LogP contribution is 2.48. The summed E-state index contributed by atoms with van der Waals surface area (Å²) in [5.74, 6) is -2.24. The number of fused-ring (bicyclic) bond motifs is 1. The Morgan fingerprint density at radius 2 is 1.13 bits per heavy atom. The maximum atomic E-state index is 12.7. The second kappa shape index (κ2) is 21.3. The van der Waals surface area contributed by atoms with Crippen molar-refractivity contribution in [2.24, 2.45) is 22.3 Å². The lowest BCUT2D eigenvalue weighted by Crippen LogP contribution is -2.33. The minimum atomic E-state index is -3.49. The number of aromatic nitrogens is 6. The van der Waals surface area contributed by atoms with E-state index in [0.29, 0.717) is 11.5 Å². The molecule has 3 fully saturated rings. The number of hydrogen-bond donors (Lipinski definition) is 4. The molecule has 3 aliphatic heterocycles. The number of primary amides is 2. The molecule has 2 amide bonds. The lowest BCUT2D eigenvalue weighted by Gasteiger charge is -2.24. The Balaban J connectivity index is 0.000000278. The Kier molecular flexibility index (Phi) is 17.9. The lowest BCUT2D eigenvalue weighted by molar-refractivity contribution is -0.200. The average Bonchev–Trinajstić information content (AvgIpc) is 4.00. The molecule has 356 valence electrons. The summed E-state index contributed by atoms with van der Waals surface area (Å²) in [5.41, 5.74) is 9.38. The molecule has 3 saturated heterocycles. The molecule has 0 radical (unpaired) electrons. The minimum absolute atomic E-state index is 0.00642. The second-order valence-corrected chi connectivity index (χ2v) is 23.3. The molecule has 0 aromatic carbocycles. The molecule has 5 heterocycles. The summed E-state index contributed by atoms with van der Waals surface area (Å²) in [7, 11) is -6.90. The number of aliphatic hydroxyl groups is 2. The zero-order valence-electron chi connectivity index (χ0n) is 36.7. The maximum Gasteiger partial charge on any atom is 0.327 e. The van der Waals surface area contributed by atoms with Gasteiger partial charge in [-0.15, -0.1) is 10.2 Å². The van der Waals surface area contributed by atoms with Crippen LogP contribution in [0.4, 0.5) is 0 Å².